The van der Waals surface area contributed by atoms with Gasteiger partial charge in [0.05, 0.1) is 27.7 Å². The Hall–Kier alpha value is -2.17. The Kier molecular flexibility index (Phi) is 5.89. The molecule has 0 saturated heterocycles. The van der Waals surface area contributed by atoms with E-state index in [1.807, 2.05) is 12.1 Å². The van der Waals surface area contributed by atoms with Crippen LogP contribution in [0.4, 0.5) is 0 Å². The highest BCUT2D eigenvalue weighted by molar-refractivity contribution is 5.85. The van der Waals surface area contributed by atoms with Crippen LogP contribution in [0.3, 0.4) is 0 Å². The first kappa shape index (κ1) is 20.1. The van der Waals surface area contributed by atoms with E-state index >= 15 is 0 Å². The SMILES string of the molecule is CC(C)(COC(=O)C(O)(c1ccccc1)c1ccccc1)C[N+](C)(C)C. The Bertz CT molecular complexity index is 679. The Morgan fingerprint density at radius 2 is 1.35 bits per heavy atom. The summed E-state index contributed by atoms with van der Waals surface area (Å²) in [6, 6.07) is 17.9. The van der Waals surface area contributed by atoms with Gasteiger partial charge in [0.1, 0.15) is 6.61 Å². The molecule has 2 rings (SSSR count). The van der Waals surface area contributed by atoms with Crippen molar-refractivity contribution >= 4 is 5.97 Å². The fourth-order valence-electron chi connectivity index (χ4n) is 3.46. The summed E-state index contributed by atoms with van der Waals surface area (Å²) in [6.45, 7) is 5.21. The molecule has 140 valence electrons. The van der Waals surface area contributed by atoms with Crippen molar-refractivity contribution < 1.29 is 19.1 Å². The molecule has 0 amide bonds. The number of hydrogen-bond acceptors (Lipinski definition) is 3. The molecule has 0 aromatic heterocycles. The molecule has 0 fully saturated rings. The predicted octanol–water partition coefficient (Wildman–Crippen LogP) is 3.20. The van der Waals surface area contributed by atoms with Gasteiger partial charge in [0.15, 0.2) is 0 Å². The van der Waals surface area contributed by atoms with Crippen molar-refractivity contribution in [1.29, 1.82) is 0 Å². The van der Waals surface area contributed by atoms with Gasteiger partial charge in [-0.05, 0) is 11.1 Å². The van der Waals surface area contributed by atoms with Gasteiger partial charge in [-0.2, -0.15) is 0 Å². The summed E-state index contributed by atoms with van der Waals surface area (Å²) in [5.74, 6) is -0.649. The summed E-state index contributed by atoms with van der Waals surface area (Å²) in [5, 5.41) is 11.4. The molecule has 0 aliphatic rings. The number of rotatable bonds is 7. The maximum atomic E-state index is 13.0. The normalized spacial score (nSPS) is 12.7. The molecule has 0 atom stereocenters. The second kappa shape index (κ2) is 7.60. The maximum Gasteiger partial charge on any atom is 0.347 e. The molecule has 0 heterocycles. The molecule has 0 saturated carbocycles. The third-order valence-corrected chi connectivity index (χ3v) is 4.17. The summed E-state index contributed by atoms with van der Waals surface area (Å²) in [5.41, 5.74) is -1.03. The topological polar surface area (TPSA) is 46.5 Å². The quantitative estimate of drug-likeness (QED) is 0.612. The number of carbonyl (C=O) groups excluding carboxylic acids is 1. The summed E-state index contributed by atoms with van der Waals surface area (Å²) in [4.78, 5) is 13.0. The van der Waals surface area contributed by atoms with Crippen molar-refractivity contribution in [2.45, 2.75) is 19.4 Å². The van der Waals surface area contributed by atoms with Crippen LogP contribution in [0.25, 0.3) is 0 Å². The maximum absolute atomic E-state index is 13.0. The minimum absolute atomic E-state index is 0.206. The molecule has 0 unspecified atom stereocenters. The summed E-state index contributed by atoms with van der Waals surface area (Å²) >= 11 is 0. The van der Waals surface area contributed by atoms with Gasteiger partial charge >= 0.3 is 5.97 Å². The van der Waals surface area contributed by atoms with Crippen LogP contribution in [0.15, 0.2) is 60.7 Å². The molecule has 0 bridgehead atoms. The van der Waals surface area contributed by atoms with Gasteiger partial charge in [0.25, 0.3) is 0 Å². The number of aliphatic hydroxyl groups is 1. The largest absolute Gasteiger partial charge is 0.462 e. The van der Waals surface area contributed by atoms with E-state index in [1.54, 1.807) is 48.5 Å². The van der Waals surface area contributed by atoms with Crippen LogP contribution in [0.5, 0.6) is 0 Å². The number of ether oxygens (including phenoxy) is 1. The van der Waals surface area contributed by atoms with Crippen molar-refractivity contribution in [3.8, 4) is 0 Å². The number of quaternary nitrogens is 1. The monoisotopic (exact) mass is 356 g/mol. The number of hydrogen-bond donors (Lipinski definition) is 1. The lowest BCUT2D eigenvalue weighted by Gasteiger charge is -2.35. The first-order valence-corrected chi connectivity index (χ1v) is 8.86. The zero-order valence-corrected chi connectivity index (χ0v) is 16.4. The average Bonchev–Trinajstić information content (AvgIpc) is 2.58. The van der Waals surface area contributed by atoms with Crippen LogP contribution in [-0.4, -0.2) is 49.9 Å². The van der Waals surface area contributed by atoms with Gasteiger partial charge in [0, 0.05) is 5.41 Å². The molecule has 2 aromatic carbocycles. The Balaban J connectivity index is 2.28. The fourth-order valence-corrected chi connectivity index (χ4v) is 3.46. The number of benzene rings is 2. The van der Waals surface area contributed by atoms with Gasteiger partial charge in [-0.15, -0.1) is 0 Å². The van der Waals surface area contributed by atoms with E-state index in [1.165, 1.54) is 0 Å². The summed E-state index contributed by atoms with van der Waals surface area (Å²) < 4.78 is 6.40. The standard InChI is InChI=1S/C22H30NO3/c1-21(2,16-23(3,4)5)17-26-20(24)22(25,18-12-8-6-9-13-18)19-14-10-7-11-15-19/h6-15,25H,16-17H2,1-5H3/q+1. The molecule has 2 aromatic rings. The third-order valence-electron chi connectivity index (χ3n) is 4.17. The van der Waals surface area contributed by atoms with Crippen LogP contribution in [-0.2, 0) is 15.1 Å². The van der Waals surface area contributed by atoms with Gasteiger partial charge in [-0.1, -0.05) is 74.5 Å². The van der Waals surface area contributed by atoms with E-state index in [9.17, 15) is 9.90 Å². The van der Waals surface area contributed by atoms with E-state index in [-0.39, 0.29) is 12.0 Å². The van der Waals surface area contributed by atoms with Crippen molar-refractivity contribution in [3.05, 3.63) is 71.8 Å². The number of carbonyl (C=O) groups is 1. The third kappa shape index (κ3) is 4.93. The highest BCUT2D eigenvalue weighted by Gasteiger charge is 2.42. The van der Waals surface area contributed by atoms with Gasteiger partial charge in [-0.25, -0.2) is 4.79 Å². The Morgan fingerprint density at radius 3 is 1.73 bits per heavy atom. The van der Waals surface area contributed by atoms with Crippen LogP contribution < -0.4 is 0 Å². The molecule has 0 aliphatic heterocycles. The van der Waals surface area contributed by atoms with Crippen LogP contribution in [0.2, 0.25) is 0 Å². The smallest absolute Gasteiger partial charge is 0.347 e. The first-order valence-electron chi connectivity index (χ1n) is 8.86. The molecule has 0 radical (unpaired) electrons. The fraction of sp³-hybridized carbons (Fsp3) is 0.409. The number of nitrogens with zero attached hydrogens (tertiary/aromatic N) is 1. The minimum atomic E-state index is -1.82. The lowest BCUT2D eigenvalue weighted by atomic mass is 9.86. The van der Waals surface area contributed by atoms with E-state index < -0.39 is 11.6 Å². The van der Waals surface area contributed by atoms with Crippen molar-refractivity contribution in [2.24, 2.45) is 5.41 Å². The first-order chi connectivity index (χ1) is 12.0. The van der Waals surface area contributed by atoms with Crippen molar-refractivity contribution in [2.75, 3.05) is 34.3 Å². The molecular formula is C22H30NO3+. The van der Waals surface area contributed by atoms with Crippen molar-refractivity contribution in [1.82, 2.24) is 0 Å². The second-order valence-electron chi connectivity index (χ2n) is 8.63. The summed E-state index contributed by atoms with van der Waals surface area (Å²) in [6.07, 6.45) is 0. The predicted molar refractivity (Wildman–Crippen MR) is 104 cm³/mol. The second-order valence-corrected chi connectivity index (χ2v) is 8.63. The molecule has 4 heteroatoms. The lowest BCUT2D eigenvalue weighted by molar-refractivity contribution is -0.877. The van der Waals surface area contributed by atoms with E-state index in [4.69, 9.17) is 4.74 Å². The van der Waals surface area contributed by atoms with Crippen LogP contribution in [0.1, 0.15) is 25.0 Å². The lowest BCUT2D eigenvalue weighted by Crippen LogP contribution is -2.46. The van der Waals surface area contributed by atoms with E-state index in [0.29, 0.717) is 11.1 Å². The molecule has 0 spiro atoms. The van der Waals surface area contributed by atoms with Crippen molar-refractivity contribution in [3.63, 3.8) is 0 Å². The molecule has 1 N–H and O–H groups in total. The average molecular weight is 356 g/mol. The van der Waals surface area contributed by atoms with Gasteiger partial charge in [-0.3, -0.25) is 0 Å². The zero-order valence-electron chi connectivity index (χ0n) is 16.4. The minimum Gasteiger partial charge on any atom is -0.462 e. The Morgan fingerprint density at radius 1 is 0.923 bits per heavy atom. The highest BCUT2D eigenvalue weighted by Crippen LogP contribution is 2.32. The Labute approximate surface area is 156 Å². The highest BCUT2D eigenvalue weighted by atomic mass is 16.6. The number of esters is 1. The van der Waals surface area contributed by atoms with Gasteiger partial charge in [0.2, 0.25) is 5.60 Å². The molecule has 4 nitrogen and oxygen atoms in total. The van der Waals surface area contributed by atoms with Gasteiger partial charge < -0.3 is 14.3 Å². The van der Waals surface area contributed by atoms with E-state index in [2.05, 4.69) is 35.0 Å². The summed E-state index contributed by atoms with van der Waals surface area (Å²) in [7, 11) is 6.32. The van der Waals surface area contributed by atoms with Crippen LogP contribution in [0, 0.1) is 5.41 Å². The molecular weight excluding hydrogens is 326 g/mol. The van der Waals surface area contributed by atoms with E-state index in [0.717, 1.165) is 11.0 Å². The van der Waals surface area contributed by atoms with Crippen LogP contribution >= 0.6 is 0 Å². The zero-order chi connectivity index (χ0) is 19.4. The molecule has 0 aliphatic carbocycles. The molecule has 26 heavy (non-hydrogen) atoms.